The third-order valence-electron chi connectivity index (χ3n) is 6.17. The first-order valence-electron chi connectivity index (χ1n) is 10.0. The van der Waals surface area contributed by atoms with Crippen LogP contribution in [-0.2, 0) is 9.16 Å². The van der Waals surface area contributed by atoms with Gasteiger partial charge >= 0.3 is 183 Å². The Kier molecular flexibility index (Phi) is 5.90. The second-order valence-corrected chi connectivity index (χ2v) is 17.1. The molecule has 0 aliphatic carbocycles. The minimum absolute atomic E-state index is 0.0596. The molecule has 2 atom stereocenters. The molecule has 29 heavy (non-hydrogen) atoms. The van der Waals surface area contributed by atoms with Crippen LogP contribution in [0.15, 0.2) is 54.6 Å². The third-order valence-corrected chi connectivity index (χ3v) is 14.3. The number of benzene rings is 2. The molecule has 0 N–H and O–H groups in total. The Balaban J connectivity index is 2.08. The first-order chi connectivity index (χ1) is 13.4. The molecule has 2 aromatic rings. The molecular formula is C24H31NO2SeSi. The molecule has 3 nitrogen and oxygen atoms in total. The second kappa shape index (κ2) is 7.69. The summed E-state index contributed by atoms with van der Waals surface area (Å²) in [4.78, 5) is 0. The summed E-state index contributed by atoms with van der Waals surface area (Å²) in [6.45, 7) is 15.8. The van der Waals surface area contributed by atoms with Gasteiger partial charge in [-0.2, -0.15) is 0 Å². The number of hydrogen-bond acceptors (Lipinski definition) is 3. The van der Waals surface area contributed by atoms with Crippen molar-refractivity contribution >= 4 is 27.7 Å². The van der Waals surface area contributed by atoms with Gasteiger partial charge in [-0.05, 0) is 0 Å². The van der Waals surface area contributed by atoms with Crippen LogP contribution in [0.1, 0.15) is 51.8 Å². The summed E-state index contributed by atoms with van der Waals surface area (Å²) < 4.78 is 14.6. The van der Waals surface area contributed by atoms with Crippen LogP contribution >= 0.6 is 0 Å². The second-order valence-electron chi connectivity index (χ2n) is 9.69. The van der Waals surface area contributed by atoms with Crippen LogP contribution in [0.3, 0.4) is 0 Å². The minimum atomic E-state index is -2.06. The summed E-state index contributed by atoms with van der Waals surface area (Å²) in [7, 11) is -2.06. The summed E-state index contributed by atoms with van der Waals surface area (Å²) in [5, 5.41) is 9.27. The van der Waals surface area contributed by atoms with Crippen molar-refractivity contribution in [2.75, 3.05) is 0 Å². The van der Waals surface area contributed by atoms with Crippen molar-refractivity contribution in [3.8, 4) is 6.07 Å². The maximum atomic E-state index is 9.16. The predicted molar refractivity (Wildman–Crippen MR) is 122 cm³/mol. The van der Waals surface area contributed by atoms with E-state index >= 15 is 0 Å². The van der Waals surface area contributed by atoms with Crippen molar-refractivity contribution in [2.24, 2.45) is 0 Å². The Morgan fingerprint density at radius 1 is 1.03 bits per heavy atom. The molecule has 154 valence electrons. The van der Waals surface area contributed by atoms with E-state index in [1.807, 2.05) is 24.3 Å². The van der Waals surface area contributed by atoms with E-state index in [0.717, 1.165) is 5.56 Å². The summed E-state index contributed by atoms with van der Waals surface area (Å²) in [5.41, 5.74) is 1.35. The van der Waals surface area contributed by atoms with Crippen molar-refractivity contribution in [3.05, 3.63) is 65.7 Å². The summed E-state index contributed by atoms with van der Waals surface area (Å²) >= 11 is 0.0596. The van der Waals surface area contributed by atoms with Crippen LogP contribution in [0.25, 0.3) is 0 Å². The van der Waals surface area contributed by atoms with Crippen LogP contribution in [-0.4, -0.2) is 33.4 Å². The molecule has 1 aliphatic heterocycles. The fourth-order valence-corrected chi connectivity index (χ4v) is 8.91. The quantitative estimate of drug-likeness (QED) is 0.565. The van der Waals surface area contributed by atoms with E-state index in [4.69, 9.17) is 14.4 Å². The molecule has 0 amide bonds. The molecule has 0 aromatic heterocycles. The van der Waals surface area contributed by atoms with E-state index in [1.54, 1.807) is 0 Å². The molecule has 5 heteroatoms. The van der Waals surface area contributed by atoms with Crippen LogP contribution in [0.4, 0.5) is 0 Å². The summed E-state index contributed by atoms with van der Waals surface area (Å²) in [5.74, 6) is 0. The number of nitriles is 1. The molecule has 2 aromatic carbocycles. The number of rotatable bonds is 5. The van der Waals surface area contributed by atoms with Gasteiger partial charge in [0.1, 0.15) is 0 Å². The molecule has 1 heterocycles. The topological polar surface area (TPSA) is 42.2 Å². The number of hydrogen-bond donors (Lipinski definition) is 0. The van der Waals surface area contributed by atoms with Crippen molar-refractivity contribution in [3.63, 3.8) is 0 Å². The third kappa shape index (κ3) is 4.10. The van der Waals surface area contributed by atoms with Gasteiger partial charge in [0, 0.05) is 0 Å². The van der Waals surface area contributed by atoms with E-state index in [1.165, 1.54) is 4.46 Å². The van der Waals surface area contributed by atoms with Gasteiger partial charge < -0.3 is 0 Å². The zero-order valence-corrected chi connectivity index (χ0v) is 21.2. The molecule has 1 fully saturated rings. The fraction of sp³-hybridized carbons (Fsp3) is 0.458. The summed E-state index contributed by atoms with van der Waals surface area (Å²) in [6.07, 6.45) is -0.139. The molecule has 3 rings (SSSR count). The molecule has 1 saturated heterocycles. The maximum absolute atomic E-state index is 9.16. The van der Waals surface area contributed by atoms with Crippen LogP contribution in [0.2, 0.25) is 18.1 Å². The average Bonchev–Trinajstić information content (AvgIpc) is 2.65. The van der Waals surface area contributed by atoms with Crippen LogP contribution in [0, 0.1) is 11.3 Å². The van der Waals surface area contributed by atoms with Crippen molar-refractivity contribution in [1.29, 1.82) is 5.26 Å². The van der Waals surface area contributed by atoms with Gasteiger partial charge in [-0.25, -0.2) is 0 Å². The monoisotopic (exact) mass is 473 g/mol. The molecule has 0 bridgehead atoms. The first-order valence-corrected chi connectivity index (χ1v) is 14.7. The van der Waals surface area contributed by atoms with E-state index in [0.29, 0.717) is 5.56 Å². The molecule has 0 spiro atoms. The normalized spacial score (nSPS) is 23.9. The van der Waals surface area contributed by atoms with Gasteiger partial charge in [0.05, 0.1) is 0 Å². The number of ether oxygens (including phenoxy) is 1. The zero-order chi connectivity index (χ0) is 21.5. The fourth-order valence-electron chi connectivity index (χ4n) is 3.30. The zero-order valence-electron chi connectivity index (χ0n) is 18.4. The molecule has 2 unspecified atom stereocenters. The van der Waals surface area contributed by atoms with Gasteiger partial charge in [0.2, 0.25) is 0 Å². The molecule has 0 radical (unpaired) electrons. The average molecular weight is 473 g/mol. The van der Waals surface area contributed by atoms with Gasteiger partial charge in [-0.15, -0.1) is 0 Å². The van der Waals surface area contributed by atoms with Crippen molar-refractivity contribution in [1.82, 2.24) is 0 Å². The van der Waals surface area contributed by atoms with E-state index in [9.17, 15) is 0 Å². The standard InChI is InChI=1S/C24H31NO2SeSi/c1-22(2,3)29(6,7)27-24(28-20-11-9-8-10-12-20)21(26-23(24,4)5)19-15-13-18(17-25)14-16-19/h8-16,21H,1-7H3. The van der Waals surface area contributed by atoms with Crippen LogP contribution < -0.4 is 4.46 Å². The van der Waals surface area contributed by atoms with Crippen LogP contribution in [0.5, 0.6) is 0 Å². The van der Waals surface area contributed by atoms with E-state index in [-0.39, 0.29) is 26.1 Å². The van der Waals surface area contributed by atoms with Crippen molar-refractivity contribution < 1.29 is 9.16 Å². The van der Waals surface area contributed by atoms with Gasteiger partial charge in [0.15, 0.2) is 0 Å². The SMILES string of the molecule is CC1(C)OC(c2ccc(C#N)cc2)C1(O[Si](C)(C)C(C)(C)C)[Se]c1ccccc1. The van der Waals surface area contributed by atoms with E-state index < -0.39 is 18.4 Å². The first kappa shape index (κ1) is 22.3. The Hall–Kier alpha value is -1.41. The summed E-state index contributed by atoms with van der Waals surface area (Å²) in [6, 6.07) is 20.6. The predicted octanol–water partition coefficient (Wildman–Crippen LogP) is 5.16. The van der Waals surface area contributed by atoms with Crippen molar-refractivity contribution in [2.45, 2.75) is 69.0 Å². The van der Waals surface area contributed by atoms with Gasteiger partial charge in [-0.1, -0.05) is 0 Å². The van der Waals surface area contributed by atoms with Gasteiger partial charge in [-0.3, -0.25) is 0 Å². The Morgan fingerprint density at radius 2 is 1.62 bits per heavy atom. The Labute approximate surface area is 182 Å². The Morgan fingerprint density at radius 3 is 2.10 bits per heavy atom. The molecule has 1 aliphatic rings. The molecule has 0 saturated carbocycles. The molecular weight excluding hydrogens is 441 g/mol. The number of nitrogens with zero attached hydrogens (tertiary/aromatic N) is 1. The Bertz CT molecular complexity index is 897. The van der Waals surface area contributed by atoms with Gasteiger partial charge in [0.25, 0.3) is 0 Å². The van der Waals surface area contributed by atoms with E-state index in [2.05, 4.69) is 84.1 Å².